The van der Waals surface area contributed by atoms with Gasteiger partial charge in [0.1, 0.15) is 0 Å². The molecule has 3 saturated heterocycles. The van der Waals surface area contributed by atoms with Gasteiger partial charge in [-0.1, -0.05) is 17.5 Å². The van der Waals surface area contributed by atoms with Crippen molar-refractivity contribution in [2.24, 2.45) is 11.8 Å². The lowest BCUT2D eigenvalue weighted by atomic mass is 9.79. The number of hydrogen-bond acceptors (Lipinski definition) is 7. The molecule has 6 rings (SSSR count). The molecule has 4 aliphatic rings. The number of carbonyl (C=O) groups excluding carboxylic acids is 3. The number of nitrogen functional groups attached to an aromatic ring is 1. The third kappa shape index (κ3) is 7.03. The van der Waals surface area contributed by atoms with Gasteiger partial charge in [0.25, 0.3) is 5.91 Å². The second-order valence-electron chi connectivity index (χ2n) is 12.6. The molecule has 3 fully saturated rings. The normalized spacial score (nSPS) is 20.7. The number of urea groups is 1. The van der Waals surface area contributed by atoms with Crippen LogP contribution in [-0.2, 0) is 22.5 Å². The smallest absolute Gasteiger partial charge is 0.410 e. The van der Waals surface area contributed by atoms with Gasteiger partial charge in [0.15, 0.2) is 6.10 Å². The van der Waals surface area contributed by atoms with E-state index in [0.29, 0.717) is 79.2 Å². The van der Waals surface area contributed by atoms with Crippen molar-refractivity contribution in [3.63, 3.8) is 0 Å². The third-order valence-corrected chi connectivity index (χ3v) is 11.0. The topological polar surface area (TPSA) is 120 Å². The lowest BCUT2D eigenvalue weighted by Crippen LogP contribution is -2.52. The highest BCUT2D eigenvalue weighted by atomic mass is 35.5. The van der Waals surface area contributed by atoms with E-state index in [1.165, 1.54) is 12.8 Å². The minimum Gasteiger partial charge on any atom is -0.436 e. The fourth-order valence-corrected chi connectivity index (χ4v) is 8.29. The van der Waals surface area contributed by atoms with Crippen LogP contribution < -0.4 is 16.4 Å². The Morgan fingerprint density at radius 3 is 2.44 bits per heavy atom. The number of hydrogen-bond donors (Lipinski definition) is 3. The summed E-state index contributed by atoms with van der Waals surface area (Å²) in [5.41, 5.74) is 9.46. The highest BCUT2D eigenvalue weighted by Crippen LogP contribution is 2.33. The van der Waals surface area contributed by atoms with Gasteiger partial charge in [-0.25, -0.2) is 9.59 Å². The van der Waals surface area contributed by atoms with Gasteiger partial charge in [0, 0.05) is 55.1 Å². The Labute approximate surface area is 273 Å². The van der Waals surface area contributed by atoms with Crippen molar-refractivity contribution in [3.8, 4) is 12.3 Å². The molecule has 0 saturated carbocycles. The number of anilines is 2. The first-order valence-corrected chi connectivity index (χ1v) is 17.2. The van der Waals surface area contributed by atoms with E-state index < -0.39 is 12.2 Å². The van der Waals surface area contributed by atoms with Gasteiger partial charge in [-0.15, -0.1) is 17.8 Å². The van der Waals surface area contributed by atoms with Crippen LogP contribution in [0.15, 0.2) is 22.9 Å². The molecule has 45 heavy (non-hydrogen) atoms. The Hall–Kier alpha value is -3.46. The minimum absolute atomic E-state index is 0.0138. The van der Waals surface area contributed by atoms with Gasteiger partial charge >= 0.3 is 12.1 Å². The molecule has 4 aliphatic heterocycles. The largest absolute Gasteiger partial charge is 0.436 e. The van der Waals surface area contributed by atoms with Gasteiger partial charge in [0.05, 0.1) is 22.9 Å². The Kier molecular flexibility index (Phi) is 9.73. The summed E-state index contributed by atoms with van der Waals surface area (Å²) >= 11 is 7.94. The summed E-state index contributed by atoms with van der Waals surface area (Å²) in [5, 5.41) is 10.7. The summed E-state index contributed by atoms with van der Waals surface area (Å²) in [5.74, 6) is 3.66. The van der Waals surface area contributed by atoms with Gasteiger partial charge in [-0.2, -0.15) is 0 Å². The van der Waals surface area contributed by atoms with E-state index in [1.54, 1.807) is 28.4 Å². The number of thiophene rings is 1. The molecule has 240 valence electrons. The molecule has 4 N–H and O–H groups in total. The quantitative estimate of drug-likeness (QED) is 0.306. The number of carbonyl (C=O) groups is 3. The van der Waals surface area contributed by atoms with Crippen LogP contribution in [0.3, 0.4) is 0 Å². The number of benzene rings is 1. The van der Waals surface area contributed by atoms with Gasteiger partial charge < -0.3 is 35.8 Å². The van der Waals surface area contributed by atoms with Crippen molar-refractivity contribution in [2.75, 3.05) is 50.3 Å². The molecule has 0 aliphatic carbocycles. The lowest BCUT2D eigenvalue weighted by Gasteiger charge is -2.40. The van der Waals surface area contributed by atoms with Crippen molar-refractivity contribution >= 4 is 52.3 Å². The van der Waals surface area contributed by atoms with E-state index in [-0.39, 0.29) is 24.4 Å². The molecule has 1 aromatic heterocycles. The predicted octanol–water partition coefficient (Wildman–Crippen LogP) is 4.76. The molecular formula is C33H41ClN6O4S. The molecule has 0 radical (unpaired) electrons. The van der Waals surface area contributed by atoms with E-state index in [1.807, 2.05) is 15.2 Å². The molecule has 2 aromatic rings. The van der Waals surface area contributed by atoms with E-state index in [9.17, 15) is 14.4 Å². The summed E-state index contributed by atoms with van der Waals surface area (Å²) < 4.78 is 6.00. The summed E-state index contributed by atoms with van der Waals surface area (Å²) in [7, 11) is 0. The molecule has 0 spiro atoms. The first-order valence-electron chi connectivity index (χ1n) is 15.9. The van der Waals surface area contributed by atoms with E-state index in [4.69, 9.17) is 28.5 Å². The average Bonchev–Trinajstić information content (AvgIpc) is 3.53. The Bertz CT molecular complexity index is 1450. The molecule has 5 heterocycles. The van der Waals surface area contributed by atoms with Crippen molar-refractivity contribution < 1.29 is 19.1 Å². The average molecular weight is 653 g/mol. The van der Waals surface area contributed by atoms with E-state index in [0.717, 1.165) is 37.2 Å². The number of halogens is 1. The van der Waals surface area contributed by atoms with Crippen molar-refractivity contribution in [3.05, 3.63) is 44.6 Å². The fraction of sp³-hybridized carbons (Fsp3) is 0.545. The molecular weight excluding hydrogens is 612 g/mol. The van der Waals surface area contributed by atoms with Crippen LogP contribution in [0.4, 0.5) is 21.0 Å². The number of nitrogens with two attached hydrogens (primary N) is 1. The number of nitrogens with one attached hydrogen (secondary N) is 2. The molecule has 12 heteroatoms. The van der Waals surface area contributed by atoms with Gasteiger partial charge in [-0.05, 0) is 86.5 Å². The monoisotopic (exact) mass is 652 g/mol. The van der Waals surface area contributed by atoms with Crippen LogP contribution >= 0.6 is 22.9 Å². The van der Waals surface area contributed by atoms with E-state index in [2.05, 4.69) is 21.9 Å². The third-order valence-electron chi connectivity index (χ3n) is 9.93. The number of ether oxygens (including phenoxy) is 1. The highest BCUT2D eigenvalue weighted by Gasteiger charge is 2.37. The summed E-state index contributed by atoms with van der Waals surface area (Å²) in [6.45, 7) is 4.84. The zero-order chi connectivity index (χ0) is 31.5. The maximum atomic E-state index is 14.0. The number of rotatable bonds is 6. The van der Waals surface area contributed by atoms with Gasteiger partial charge in [-0.3, -0.25) is 4.79 Å². The second-order valence-corrected chi connectivity index (χ2v) is 13.7. The summed E-state index contributed by atoms with van der Waals surface area (Å²) in [6.07, 6.45) is 9.77. The number of amides is 4. The first-order chi connectivity index (χ1) is 21.8. The number of piperidine rings is 3. The maximum absolute atomic E-state index is 14.0. The zero-order valence-electron chi connectivity index (χ0n) is 25.4. The van der Waals surface area contributed by atoms with Crippen LogP contribution in [-0.4, -0.2) is 84.1 Å². The fourth-order valence-electron chi connectivity index (χ4n) is 7.26. The van der Waals surface area contributed by atoms with Crippen molar-refractivity contribution in [1.82, 2.24) is 20.0 Å². The maximum Gasteiger partial charge on any atom is 0.410 e. The van der Waals surface area contributed by atoms with Crippen molar-refractivity contribution in [1.29, 1.82) is 0 Å². The van der Waals surface area contributed by atoms with Crippen LogP contribution in [0.25, 0.3) is 0 Å². The van der Waals surface area contributed by atoms with Gasteiger partial charge in [0.2, 0.25) is 0 Å². The molecule has 0 unspecified atom stereocenters. The number of nitrogens with zero attached hydrogens (tertiary/aromatic N) is 3. The van der Waals surface area contributed by atoms with E-state index >= 15 is 0 Å². The SMILES string of the molecule is C#Cc1cc(C[C@@H](OC(=O)N2CCC(N3Cc4cscc4NC3=O)CC2)C(=O)N2CCC(C3CCNCC3)CC2)cc(Cl)c1N. The van der Waals surface area contributed by atoms with Crippen LogP contribution in [0, 0.1) is 24.2 Å². The molecule has 4 amide bonds. The standard InChI is InChI=1S/C33H41ClN6O4S/c1-2-22-15-21(16-27(34)30(22)35)17-29(31(41)38-11-5-24(6-12-38)23-3-9-36-10-4-23)44-33(43)39-13-7-26(8-14-39)40-18-25-19-45-20-28(25)37-32(40)42/h1,15-16,19-20,23-24,26,29,36H,3-14,17-18,35H2,(H,37,42)/t29-/m1/s1. The van der Waals surface area contributed by atoms with Crippen LogP contribution in [0.2, 0.25) is 5.02 Å². The number of fused-ring (bicyclic) bond motifs is 1. The van der Waals surface area contributed by atoms with Crippen molar-refractivity contribution in [2.45, 2.75) is 63.6 Å². The minimum atomic E-state index is -1.03. The summed E-state index contributed by atoms with van der Waals surface area (Å²) in [6, 6.07) is 3.32. The Morgan fingerprint density at radius 1 is 1.04 bits per heavy atom. The lowest BCUT2D eigenvalue weighted by molar-refractivity contribution is -0.142. The molecule has 0 bridgehead atoms. The van der Waals surface area contributed by atoms with Crippen LogP contribution in [0.5, 0.6) is 0 Å². The number of terminal acetylenes is 1. The molecule has 10 nitrogen and oxygen atoms in total. The summed E-state index contributed by atoms with van der Waals surface area (Å²) in [4.78, 5) is 45.6. The first kappa shape index (κ1) is 31.5. The molecule has 1 atom stereocenters. The zero-order valence-corrected chi connectivity index (χ0v) is 27.0. The number of likely N-dealkylation sites (tertiary alicyclic amines) is 2. The Balaban J connectivity index is 1.11. The second kappa shape index (κ2) is 13.9. The van der Waals surface area contributed by atoms with Crippen LogP contribution in [0.1, 0.15) is 55.2 Å². The predicted molar refractivity (Wildman–Crippen MR) is 176 cm³/mol. The highest BCUT2D eigenvalue weighted by molar-refractivity contribution is 7.08. The molecule has 1 aromatic carbocycles. The Morgan fingerprint density at radius 2 is 1.73 bits per heavy atom.